The van der Waals surface area contributed by atoms with E-state index in [1.807, 2.05) is 18.3 Å². The van der Waals surface area contributed by atoms with E-state index in [0.29, 0.717) is 5.56 Å². The molecule has 32 heavy (non-hydrogen) atoms. The summed E-state index contributed by atoms with van der Waals surface area (Å²) in [6.07, 6.45) is 6.35. The van der Waals surface area contributed by atoms with Crippen molar-refractivity contribution in [3.05, 3.63) is 101 Å². The molecule has 2 aliphatic rings. The van der Waals surface area contributed by atoms with Crippen molar-refractivity contribution < 1.29 is 0 Å². The largest absolute Gasteiger partial charge is 0.256 e. The van der Waals surface area contributed by atoms with Gasteiger partial charge in [0.1, 0.15) is 0 Å². The summed E-state index contributed by atoms with van der Waals surface area (Å²) in [4.78, 5) is 4.85. The second-order valence-electron chi connectivity index (χ2n) is 8.99. The maximum Gasteiger partial charge on any atom is 0.0991 e. The number of hydrogen-bond donors (Lipinski definition) is 0. The Hall–Kier alpha value is -3.96. The smallest absolute Gasteiger partial charge is 0.0991 e. The zero-order valence-electron chi connectivity index (χ0n) is 17.7. The number of nitrogens with zero attached hydrogens (tertiary/aromatic N) is 2. The van der Waals surface area contributed by atoms with Crippen molar-refractivity contribution >= 4 is 21.5 Å². The van der Waals surface area contributed by atoms with E-state index in [9.17, 15) is 5.26 Å². The number of hydrogen-bond acceptors (Lipinski definition) is 2. The summed E-state index contributed by atoms with van der Waals surface area (Å²) in [5, 5.41) is 13.9. The molecule has 2 aliphatic carbocycles. The Balaban J connectivity index is 1.47. The normalized spacial score (nSPS) is 13.7. The SMILES string of the molecule is N#Cc1ccc2c(ccc3c(-c4cc5c6c(c4)CCc4cccc(c4-6)CC5)nccc32)c1. The minimum absolute atomic E-state index is 0.694. The van der Waals surface area contributed by atoms with Gasteiger partial charge in [-0.2, -0.15) is 5.26 Å². The molecule has 0 saturated heterocycles. The zero-order chi connectivity index (χ0) is 21.2. The van der Waals surface area contributed by atoms with Crippen LogP contribution in [-0.4, -0.2) is 4.98 Å². The van der Waals surface area contributed by atoms with Gasteiger partial charge < -0.3 is 0 Å². The van der Waals surface area contributed by atoms with E-state index >= 15 is 0 Å². The van der Waals surface area contributed by atoms with Crippen LogP contribution in [0.3, 0.4) is 0 Å². The molecule has 0 fully saturated rings. The quantitative estimate of drug-likeness (QED) is 0.286. The fourth-order valence-corrected chi connectivity index (χ4v) is 5.84. The highest BCUT2D eigenvalue weighted by molar-refractivity contribution is 6.11. The molecule has 0 atom stereocenters. The number of nitriles is 1. The zero-order valence-corrected chi connectivity index (χ0v) is 17.7. The number of aromatic nitrogens is 1. The fourth-order valence-electron chi connectivity index (χ4n) is 5.84. The minimum Gasteiger partial charge on any atom is -0.256 e. The van der Waals surface area contributed by atoms with Gasteiger partial charge in [0, 0.05) is 17.1 Å². The van der Waals surface area contributed by atoms with Crippen molar-refractivity contribution in [3.8, 4) is 28.5 Å². The monoisotopic (exact) mass is 408 g/mol. The average Bonchev–Trinajstić information content (AvgIpc) is 2.86. The lowest BCUT2D eigenvalue weighted by Gasteiger charge is -2.30. The van der Waals surface area contributed by atoms with E-state index in [1.165, 1.54) is 55.1 Å². The summed E-state index contributed by atoms with van der Waals surface area (Å²) in [6, 6.07) is 26.2. The van der Waals surface area contributed by atoms with Crippen molar-refractivity contribution in [2.75, 3.05) is 0 Å². The molecule has 0 bridgehead atoms. The molecule has 0 radical (unpaired) electrons. The van der Waals surface area contributed by atoms with Crippen molar-refractivity contribution in [3.63, 3.8) is 0 Å². The Morgan fingerprint density at radius 3 is 2.09 bits per heavy atom. The molecule has 0 unspecified atom stereocenters. The molecule has 150 valence electrons. The lowest BCUT2D eigenvalue weighted by atomic mass is 9.74. The first-order chi connectivity index (χ1) is 15.8. The Bertz CT molecular complexity index is 1590. The van der Waals surface area contributed by atoms with Crippen LogP contribution < -0.4 is 0 Å². The van der Waals surface area contributed by atoms with Crippen LogP contribution in [0.1, 0.15) is 27.8 Å². The second kappa shape index (κ2) is 6.52. The van der Waals surface area contributed by atoms with Crippen LogP contribution in [0.4, 0.5) is 0 Å². The molecule has 1 heterocycles. The molecule has 5 aromatic rings. The Kier molecular flexibility index (Phi) is 3.60. The molecule has 0 spiro atoms. The Morgan fingerprint density at radius 2 is 1.34 bits per heavy atom. The first kappa shape index (κ1) is 17.7. The van der Waals surface area contributed by atoms with Gasteiger partial charge in [0.2, 0.25) is 0 Å². The standard InChI is InChI=1S/C30H20N2/c31-17-18-4-10-25-21(14-18)9-11-27-26(25)12-13-32-30(27)24-15-22-7-5-19-2-1-3-20-6-8-23(16-24)29(22)28(19)20/h1-4,9-16H,5-8H2. The number of fused-ring (bicyclic) bond motifs is 3. The van der Waals surface area contributed by atoms with Crippen molar-refractivity contribution in [1.82, 2.24) is 4.98 Å². The van der Waals surface area contributed by atoms with E-state index in [2.05, 4.69) is 60.7 Å². The summed E-state index contributed by atoms with van der Waals surface area (Å²) in [5.41, 5.74) is 11.9. The number of pyridine rings is 1. The third kappa shape index (κ3) is 2.43. The van der Waals surface area contributed by atoms with Crippen molar-refractivity contribution in [2.24, 2.45) is 0 Å². The predicted octanol–water partition coefficient (Wildman–Crippen LogP) is 6.79. The van der Waals surface area contributed by atoms with Gasteiger partial charge in [0.05, 0.1) is 17.3 Å². The van der Waals surface area contributed by atoms with Gasteiger partial charge in [0.15, 0.2) is 0 Å². The third-order valence-corrected chi connectivity index (χ3v) is 7.28. The van der Waals surface area contributed by atoms with Crippen LogP contribution in [-0.2, 0) is 25.7 Å². The topological polar surface area (TPSA) is 36.7 Å². The molecule has 0 amide bonds. The molecule has 2 heteroatoms. The summed E-state index contributed by atoms with van der Waals surface area (Å²) in [5.74, 6) is 0. The van der Waals surface area contributed by atoms with Crippen LogP contribution in [0.15, 0.2) is 72.9 Å². The van der Waals surface area contributed by atoms with Gasteiger partial charge in [-0.3, -0.25) is 4.98 Å². The molecule has 2 nitrogen and oxygen atoms in total. The molecule has 0 aliphatic heterocycles. The van der Waals surface area contributed by atoms with E-state index < -0.39 is 0 Å². The lowest BCUT2D eigenvalue weighted by molar-refractivity contribution is 0.877. The highest BCUT2D eigenvalue weighted by Gasteiger charge is 2.26. The molecule has 0 saturated carbocycles. The van der Waals surface area contributed by atoms with Gasteiger partial charge >= 0.3 is 0 Å². The summed E-state index contributed by atoms with van der Waals surface area (Å²) < 4.78 is 0. The maximum atomic E-state index is 9.25. The van der Waals surface area contributed by atoms with Gasteiger partial charge in [-0.05, 0) is 106 Å². The molecular weight excluding hydrogens is 388 g/mol. The van der Waals surface area contributed by atoms with E-state index in [4.69, 9.17) is 4.98 Å². The summed E-state index contributed by atoms with van der Waals surface area (Å²) >= 11 is 0. The summed E-state index contributed by atoms with van der Waals surface area (Å²) in [7, 11) is 0. The second-order valence-corrected chi connectivity index (χ2v) is 8.99. The van der Waals surface area contributed by atoms with Crippen molar-refractivity contribution in [2.45, 2.75) is 25.7 Å². The first-order valence-corrected chi connectivity index (χ1v) is 11.3. The van der Waals surface area contributed by atoms with E-state index in [1.54, 1.807) is 0 Å². The molecule has 0 N–H and O–H groups in total. The molecule has 7 rings (SSSR count). The molecule has 4 aromatic carbocycles. The lowest BCUT2D eigenvalue weighted by Crippen LogP contribution is -2.14. The Labute approximate surface area is 186 Å². The minimum atomic E-state index is 0.694. The van der Waals surface area contributed by atoms with Crippen LogP contribution in [0.5, 0.6) is 0 Å². The molecule has 1 aromatic heterocycles. The third-order valence-electron chi connectivity index (χ3n) is 7.28. The number of aryl methyl sites for hydroxylation is 4. The van der Waals surface area contributed by atoms with Crippen LogP contribution in [0.25, 0.3) is 43.9 Å². The maximum absolute atomic E-state index is 9.25. The first-order valence-electron chi connectivity index (χ1n) is 11.3. The van der Waals surface area contributed by atoms with Crippen LogP contribution in [0, 0.1) is 11.3 Å². The Morgan fingerprint density at radius 1 is 0.656 bits per heavy atom. The van der Waals surface area contributed by atoms with Gasteiger partial charge in [-0.15, -0.1) is 0 Å². The van der Waals surface area contributed by atoms with E-state index in [-0.39, 0.29) is 0 Å². The highest BCUT2D eigenvalue weighted by atomic mass is 14.7. The van der Waals surface area contributed by atoms with Crippen molar-refractivity contribution in [1.29, 1.82) is 5.26 Å². The van der Waals surface area contributed by atoms with Gasteiger partial charge in [-0.25, -0.2) is 0 Å². The number of benzene rings is 4. The molecular formula is C30H20N2. The van der Waals surface area contributed by atoms with Crippen LogP contribution >= 0.6 is 0 Å². The fraction of sp³-hybridized carbons (Fsp3) is 0.133. The van der Waals surface area contributed by atoms with E-state index in [0.717, 1.165) is 36.8 Å². The van der Waals surface area contributed by atoms with Gasteiger partial charge in [0.25, 0.3) is 0 Å². The summed E-state index contributed by atoms with van der Waals surface area (Å²) in [6.45, 7) is 0. The van der Waals surface area contributed by atoms with Crippen LogP contribution in [0.2, 0.25) is 0 Å². The number of rotatable bonds is 1. The highest BCUT2D eigenvalue weighted by Crippen LogP contribution is 2.44. The predicted molar refractivity (Wildman–Crippen MR) is 130 cm³/mol. The average molecular weight is 409 g/mol. The van der Waals surface area contributed by atoms with Gasteiger partial charge in [-0.1, -0.05) is 36.4 Å².